The summed E-state index contributed by atoms with van der Waals surface area (Å²) in [4.78, 5) is 26.7. The molecule has 1 aliphatic rings. The Morgan fingerprint density at radius 2 is 1.84 bits per heavy atom. The number of carboxylic acid groups (broad SMARTS) is 1. The van der Waals surface area contributed by atoms with Crippen molar-refractivity contribution in [2.75, 3.05) is 20.1 Å². The first-order valence-electron chi connectivity index (χ1n) is 6.96. The van der Waals surface area contributed by atoms with Crippen molar-refractivity contribution in [2.45, 2.75) is 52.5 Å². The Labute approximate surface area is 115 Å². The van der Waals surface area contributed by atoms with Gasteiger partial charge < -0.3 is 14.9 Å². The zero-order valence-electron chi connectivity index (χ0n) is 12.7. The van der Waals surface area contributed by atoms with E-state index in [0.29, 0.717) is 0 Å². The normalized spacial score (nSPS) is 18.5. The Hall–Kier alpha value is -1.26. The van der Waals surface area contributed by atoms with Crippen LogP contribution in [0.3, 0.4) is 0 Å². The zero-order chi connectivity index (χ0) is 14.8. The second-order valence-electron chi connectivity index (χ2n) is 6.08. The van der Waals surface area contributed by atoms with Crippen LogP contribution >= 0.6 is 0 Å². The Morgan fingerprint density at radius 3 is 2.21 bits per heavy atom. The summed E-state index contributed by atoms with van der Waals surface area (Å²) < 4.78 is 0. The summed E-state index contributed by atoms with van der Waals surface area (Å²) in [5.41, 5.74) is -0.968. The van der Waals surface area contributed by atoms with Gasteiger partial charge in [0.2, 0.25) is 0 Å². The van der Waals surface area contributed by atoms with E-state index < -0.39 is 11.5 Å². The molecule has 0 aromatic rings. The second kappa shape index (κ2) is 5.39. The number of likely N-dealkylation sites (tertiary alicyclic amines) is 1. The van der Waals surface area contributed by atoms with Crippen LogP contribution in [0.5, 0.6) is 0 Å². The first-order valence-corrected chi connectivity index (χ1v) is 6.96. The topological polar surface area (TPSA) is 60.9 Å². The lowest BCUT2D eigenvalue weighted by Crippen LogP contribution is -2.54. The van der Waals surface area contributed by atoms with Gasteiger partial charge in [-0.3, -0.25) is 0 Å². The van der Waals surface area contributed by atoms with Crippen LogP contribution in [0.1, 0.15) is 47.0 Å². The summed E-state index contributed by atoms with van der Waals surface area (Å²) in [7, 11) is 1.56. The molecular formula is C14H26N2O3. The zero-order valence-corrected chi connectivity index (χ0v) is 12.7. The quantitative estimate of drug-likeness (QED) is 0.853. The third-order valence-corrected chi connectivity index (χ3v) is 4.86. The molecule has 0 aromatic heterocycles. The van der Waals surface area contributed by atoms with Gasteiger partial charge in [-0.25, -0.2) is 9.59 Å². The van der Waals surface area contributed by atoms with Crippen molar-refractivity contribution in [3.63, 3.8) is 0 Å². The molecule has 1 N–H and O–H groups in total. The van der Waals surface area contributed by atoms with Gasteiger partial charge in [0.15, 0.2) is 0 Å². The number of hydrogen-bond acceptors (Lipinski definition) is 2. The summed E-state index contributed by atoms with van der Waals surface area (Å²) in [6, 6.07) is -0.184. The molecule has 0 aliphatic carbocycles. The predicted octanol–water partition coefficient (Wildman–Crippen LogP) is 2.41. The molecule has 0 radical (unpaired) electrons. The van der Waals surface area contributed by atoms with E-state index in [-0.39, 0.29) is 11.4 Å². The standard InChI is InChI=1S/C14H26N2O3/c1-6-14(7-2)8-9-16(10-14)12(19)15(5)13(3,4)11(17)18/h6-10H2,1-5H3,(H,17,18). The van der Waals surface area contributed by atoms with E-state index in [1.807, 2.05) is 0 Å². The molecule has 0 saturated carbocycles. The van der Waals surface area contributed by atoms with Gasteiger partial charge in [-0.1, -0.05) is 13.8 Å². The van der Waals surface area contributed by atoms with E-state index in [2.05, 4.69) is 13.8 Å². The summed E-state index contributed by atoms with van der Waals surface area (Å²) in [6.45, 7) is 8.87. The molecule has 5 heteroatoms. The minimum Gasteiger partial charge on any atom is -0.480 e. The largest absolute Gasteiger partial charge is 0.480 e. The van der Waals surface area contributed by atoms with Crippen molar-refractivity contribution in [1.29, 1.82) is 0 Å². The maximum absolute atomic E-state index is 12.4. The fourth-order valence-corrected chi connectivity index (χ4v) is 2.52. The molecule has 1 saturated heterocycles. The Morgan fingerprint density at radius 1 is 1.32 bits per heavy atom. The van der Waals surface area contributed by atoms with E-state index in [9.17, 15) is 14.7 Å². The molecule has 0 atom stereocenters. The SMILES string of the molecule is CCC1(CC)CCN(C(=O)N(C)C(C)(C)C(=O)O)C1. The Balaban J connectivity index is 2.78. The average Bonchev–Trinajstić information content (AvgIpc) is 2.81. The second-order valence-corrected chi connectivity index (χ2v) is 6.08. The van der Waals surface area contributed by atoms with Crippen molar-refractivity contribution < 1.29 is 14.7 Å². The number of urea groups is 1. The Bertz CT molecular complexity index is 362. The number of rotatable bonds is 4. The third kappa shape index (κ3) is 2.85. The van der Waals surface area contributed by atoms with Gasteiger partial charge in [-0.15, -0.1) is 0 Å². The minimum absolute atomic E-state index is 0.184. The average molecular weight is 270 g/mol. The predicted molar refractivity (Wildman–Crippen MR) is 74.1 cm³/mol. The van der Waals surface area contributed by atoms with Crippen LogP contribution in [-0.4, -0.2) is 52.6 Å². The highest BCUT2D eigenvalue weighted by Crippen LogP contribution is 2.37. The fraction of sp³-hybridized carbons (Fsp3) is 0.857. The molecule has 0 unspecified atom stereocenters. The van der Waals surface area contributed by atoms with Crippen LogP contribution in [0, 0.1) is 5.41 Å². The van der Waals surface area contributed by atoms with Crippen molar-refractivity contribution in [3.05, 3.63) is 0 Å². The fourth-order valence-electron chi connectivity index (χ4n) is 2.52. The van der Waals surface area contributed by atoms with E-state index >= 15 is 0 Å². The van der Waals surface area contributed by atoms with Crippen LogP contribution in [0.25, 0.3) is 0 Å². The number of carbonyl (C=O) groups excluding carboxylic acids is 1. The number of carbonyl (C=O) groups is 2. The van der Waals surface area contributed by atoms with Gasteiger partial charge in [0.25, 0.3) is 0 Å². The first-order chi connectivity index (χ1) is 8.70. The summed E-state index contributed by atoms with van der Waals surface area (Å²) in [5, 5.41) is 9.19. The van der Waals surface area contributed by atoms with Crippen molar-refractivity contribution >= 4 is 12.0 Å². The van der Waals surface area contributed by atoms with Crippen molar-refractivity contribution in [1.82, 2.24) is 9.80 Å². The van der Waals surface area contributed by atoms with Gasteiger partial charge >= 0.3 is 12.0 Å². The summed E-state index contributed by atoms with van der Waals surface area (Å²) >= 11 is 0. The molecule has 110 valence electrons. The number of hydrogen-bond donors (Lipinski definition) is 1. The van der Waals surface area contributed by atoms with E-state index in [1.54, 1.807) is 25.8 Å². The van der Waals surface area contributed by atoms with Gasteiger partial charge in [-0.05, 0) is 38.5 Å². The van der Waals surface area contributed by atoms with Crippen LogP contribution in [0.4, 0.5) is 4.79 Å². The van der Waals surface area contributed by atoms with Crippen LogP contribution in [0.15, 0.2) is 0 Å². The molecule has 1 aliphatic heterocycles. The van der Waals surface area contributed by atoms with E-state index in [0.717, 1.165) is 32.4 Å². The number of nitrogens with zero attached hydrogens (tertiary/aromatic N) is 2. The van der Waals surface area contributed by atoms with Gasteiger partial charge in [-0.2, -0.15) is 0 Å². The lowest BCUT2D eigenvalue weighted by atomic mass is 9.82. The summed E-state index contributed by atoms with van der Waals surface area (Å²) in [5.74, 6) is -0.986. The van der Waals surface area contributed by atoms with Crippen molar-refractivity contribution in [3.8, 4) is 0 Å². The highest BCUT2D eigenvalue weighted by molar-refractivity contribution is 5.85. The maximum atomic E-state index is 12.4. The van der Waals surface area contributed by atoms with Gasteiger partial charge in [0.1, 0.15) is 5.54 Å². The monoisotopic (exact) mass is 270 g/mol. The minimum atomic E-state index is -1.18. The number of likely N-dealkylation sites (N-methyl/N-ethyl adjacent to an activating group) is 1. The molecule has 5 nitrogen and oxygen atoms in total. The molecule has 1 fully saturated rings. The van der Waals surface area contributed by atoms with E-state index in [4.69, 9.17) is 0 Å². The van der Waals surface area contributed by atoms with Crippen LogP contribution in [-0.2, 0) is 4.79 Å². The number of aliphatic carboxylic acids is 1. The molecule has 1 rings (SSSR count). The summed E-state index contributed by atoms with van der Waals surface area (Å²) in [6.07, 6.45) is 3.12. The molecular weight excluding hydrogens is 244 g/mol. The smallest absolute Gasteiger partial charge is 0.329 e. The molecule has 2 amide bonds. The third-order valence-electron chi connectivity index (χ3n) is 4.86. The highest BCUT2D eigenvalue weighted by Gasteiger charge is 2.42. The van der Waals surface area contributed by atoms with E-state index in [1.165, 1.54) is 4.90 Å². The molecule has 0 bridgehead atoms. The maximum Gasteiger partial charge on any atom is 0.329 e. The molecule has 1 heterocycles. The molecule has 0 spiro atoms. The molecule has 0 aromatic carbocycles. The van der Waals surface area contributed by atoms with Gasteiger partial charge in [0, 0.05) is 20.1 Å². The number of amides is 2. The first kappa shape index (κ1) is 15.8. The highest BCUT2D eigenvalue weighted by atomic mass is 16.4. The van der Waals surface area contributed by atoms with Crippen LogP contribution in [0.2, 0.25) is 0 Å². The lowest BCUT2D eigenvalue weighted by Gasteiger charge is -2.35. The van der Waals surface area contributed by atoms with Crippen molar-refractivity contribution in [2.24, 2.45) is 5.41 Å². The number of carboxylic acids is 1. The van der Waals surface area contributed by atoms with Crippen LogP contribution < -0.4 is 0 Å². The molecule has 19 heavy (non-hydrogen) atoms. The Kier molecular flexibility index (Phi) is 4.48. The van der Waals surface area contributed by atoms with Gasteiger partial charge in [0.05, 0.1) is 0 Å². The lowest BCUT2D eigenvalue weighted by molar-refractivity contribution is -0.147.